The quantitative estimate of drug-likeness (QED) is 0.730. The molecule has 1 aliphatic carbocycles. The van der Waals surface area contributed by atoms with Gasteiger partial charge >= 0.3 is 0 Å². The van der Waals surface area contributed by atoms with Crippen molar-refractivity contribution in [3.05, 3.63) is 11.6 Å². The Morgan fingerprint density at radius 1 is 1.62 bits per heavy atom. The largest absolute Gasteiger partial charge is 0.330 e. The Morgan fingerprint density at radius 3 is 3.00 bits per heavy atom. The Kier molecular flexibility index (Phi) is 2.31. The van der Waals surface area contributed by atoms with Gasteiger partial charge in [-0.3, -0.25) is 5.10 Å². The maximum absolute atomic E-state index is 5.48. The Balaban J connectivity index is 2.03. The third kappa shape index (κ3) is 1.88. The van der Waals surface area contributed by atoms with Gasteiger partial charge in [0.2, 0.25) is 0 Å². The molecule has 0 spiro atoms. The van der Waals surface area contributed by atoms with E-state index in [1.165, 1.54) is 12.8 Å². The highest BCUT2D eigenvalue weighted by Crippen LogP contribution is 2.38. The van der Waals surface area contributed by atoms with Crippen molar-refractivity contribution in [2.75, 3.05) is 6.54 Å². The summed E-state index contributed by atoms with van der Waals surface area (Å²) in [5.74, 6) is 3.03. The van der Waals surface area contributed by atoms with Gasteiger partial charge in [0, 0.05) is 11.8 Å². The number of aromatic amines is 1. The van der Waals surface area contributed by atoms with Crippen LogP contribution in [0.3, 0.4) is 0 Å². The zero-order valence-electron chi connectivity index (χ0n) is 7.95. The van der Waals surface area contributed by atoms with Gasteiger partial charge in [0.25, 0.3) is 0 Å². The van der Waals surface area contributed by atoms with Crippen molar-refractivity contribution in [3.63, 3.8) is 0 Å². The molecule has 2 rings (SSSR count). The van der Waals surface area contributed by atoms with E-state index in [9.17, 15) is 0 Å². The molecule has 1 saturated carbocycles. The maximum Gasteiger partial charge on any atom is 0.153 e. The number of nitrogens with two attached hydrogens (primary N) is 1. The minimum absolute atomic E-state index is 0.383. The second-order valence-corrected chi connectivity index (χ2v) is 3.83. The van der Waals surface area contributed by atoms with Crippen LogP contribution in [0.4, 0.5) is 0 Å². The molecule has 1 fully saturated rings. The van der Waals surface area contributed by atoms with Crippen LogP contribution in [-0.2, 0) is 0 Å². The van der Waals surface area contributed by atoms with E-state index in [0.717, 1.165) is 18.1 Å². The molecule has 0 radical (unpaired) electrons. The van der Waals surface area contributed by atoms with Crippen LogP contribution >= 0.6 is 0 Å². The Labute approximate surface area is 77.9 Å². The first kappa shape index (κ1) is 8.69. The van der Waals surface area contributed by atoms with Gasteiger partial charge in [0.05, 0.1) is 0 Å². The lowest BCUT2D eigenvalue weighted by molar-refractivity contribution is 0.649. The van der Waals surface area contributed by atoms with E-state index in [1.807, 2.05) is 0 Å². The fourth-order valence-electron chi connectivity index (χ4n) is 1.43. The molecule has 1 aromatic heterocycles. The average Bonchev–Trinajstić information content (AvgIpc) is 2.84. The predicted molar refractivity (Wildman–Crippen MR) is 50.4 cm³/mol. The third-order valence-electron chi connectivity index (χ3n) is 2.52. The van der Waals surface area contributed by atoms with Crippen LogP contribution in [0.25, 0.3) is 0 Å². The second kappa shape index (κ2) is 3.46. The van der Waals surface area contributed by atoms with Crippen molar-refractivity contribution in [2.45, 2.75) is 38.0 Å². The molecule has 1 unspecified atom stereocenters. The summed E-state index contributed by atoms with van der Waals surface area (Å²) in [4.78, 5) is 4.47. The zero-order valence-corrected chi connectivity index (χ0v) is 7.95. The van der Waals surface area contributed by atoms with Crippen molar-refractivity contribution in [1.29, 1.82) is 0 Å². The van der Waals surface area contributed by atoms with Crippen LogP contribution < -0.4 is 5.73 Å². The molecule has 1 aromatic rings. The zero-order chi connectivity index (χ0) is 9.26. The van der Waals surface area contributed by atoms with Crippen LogP contribution in [0.1, 0.15) is 49.7 Å². The smallest absolute Gasteiger partial charge is 0.153 e. The van der Waals surface area contributed by atoms with E-state index in [2.05, 4.69) is 22.1 Å². The van der Waals surface area contributed by atoms with Gasteiger partial charge in [-0.2, -0.15) is 5.10 Å². The van der Waals surface area contributed by atoms with E-state index >= 15 is 0 Å². The van der Waals surface area contributed by atoms with E-state index < -0.39 is 0 Å². The highest BCUT2D eigenvalue weighted by atomic mass is 15.2. The summed E-state index contributed by atoms with van der Waals surface area (Å²) in [5.41, 5.74) is 5.48. The van der Waals surface area contributed by atoms with Gasteiger partial charge in [-0.1, -0.05) is 6.92 Å². The molecule has 0 aromatic carbocycles. The molecular formula is C9H16N4. The number of hydrogen-bond acceptors (Lipinski definition) is 3. The lowest BCUT2D eigenvalue weighted by atomic mass is 10.1. The number of hydrogen-bond donors (Lipinski definition) is 2. The summed E-state index contributed by atoms with van der Waals surface area (Å²) in [7, 11) is 0. The van der Waals surface area contributed by atoms with Crippen LogP contribution in [0.15, 0.2) is 0 Å². The van der Waals surface area contributed by atoms with E-state index in [4.69, 9.17) is 5.73 Å². The molecule has 4 heteroatoms. The number of rotatable bonds is 4. The molecule has 3 N–H and O–H groups in total. The van der Waals surface area contributed by atoms with Gasteiger partial charge in [0.1, 0.15) is 5.82 Å². The van der Waals surface area contributed by atoms with Crippen molar-refractivity contribution >= 4 is 0 Å². The molecule has 13 heavy (non-hydrogen) atoms. The highest BCUT2D eigenvalue weighted by Gasteiger charge is 2.27. The van der Waals surface area contributed by atoms with Gasteiger partial charge in [-0.25, -0.2) is 4.98 Å². The normalized spacial score (nSPS) is 18.9. The molecule has 0 aliphatic heterocycles. The molecular weight excluding hydrogens is 164 g/mol. The molecule has 1 atom stereocenters. The predicted octanol–water partition coefficient (Wildman–Crippen LogP) is 1.13. The summed E-state index contributed by atoms with van der Waals surface area (Å²) < 4.78 is 0. The molecule has 0 amide bonds. The molecule has 72 valence electrons. The fourth-order valence-corrected chi connectivity index (χ4v) is 1.43. The minimum atomic E-state index is 0.383. The number of H-pyrrole nitrogens is 1. The van der Waals surface area contributed by atoms with Crippen LogP contribution in [0.5, 0.6) is 0 Å². The number of aromatic nitrogens is 3. The van der Waals surface area contributed by atoms with Crippen LogP contribution in [0, 0.1) is 0 Å². The van der Waals surface area contributed by atoms with Crippen molar-refractivity contribution in [3.8, 4) is 0 Å². The number of nitrogens with zero attached hydrogens (tertiary/aromatic N) is 2. The van der Waals surface area contributed by atoms with E-state index in [1.54, 1.807) is 0 Å². The molecule has 1 aliphatic rings. The van der Waals surface area contributed by atoms with Gasteiger partial charge in [0.15, 0.2) is 5.82 Å². The average molecular weight is 180 g/mol. The highest BCUT2D eigenvalue weighted by molar-refractivity contribution is 5.06. The first-order valence-electron chi connectivity index (χ1n) is 4.93. The van der Waals surface area contributed by atoms with E-state index in [0.29, 0.717) is 18.4 Å². The lowest BCUT2D eigenvalue weighted by Crippen LogP contribution is -2.05. The molecule has 1 heterocycles. The first-order chi connectivity index (χ1) is 6.31. The Bertz CT molecular complexity index is 277. The van der Waals surface area contributed by atoms with Crippen molar-refractivity contribution < 1.29 is 0 Å². The standard InChI is InChI=1S/C9H16N4/c1-6(4-5-10)8-11-9(13-12-8)7-2-3-7/h6-7H,2-5,10H2,1H3,(H,11,12,13). The van der Waals surface area contributed by atoms with Crippen molar-refractivity contribution in [2.24, 2.45) is 5.73 Å². The van der Waals surface area contributed by atoms with Crippen LogP contribution in [0.2, 0.25) is 0 Å². The molecule has 4 nitrogen and oxygen atoms in total. The monoisotopic (exact) mass is 180 g/mol. The van der Waals surface area contributed by atoms with Gasteiger partial charge < -0.3 is 5.73 Å². The van der Waals surface area contributed by atoms with Crippen molar-refractivity contribution in [1.82, 2.24) is 15.2 Å². The topological polar surface area (TPSA) is 67.6 Å². The maximum atomic E-state index is 5.48. The second-order valence-electron chi connectivity index (χ2n) is 3.83. The molecule has 0 saturated heterocycles. The first-order valence-corrected chi connectivity index (χ1v) is 4.93. The summed E-state index contributed by atoms with van der Waals surface area (Å²) in [6.07, 6.45) is 3.49. The van der Waals surface area contributed by atoms with Gasteiger partial charge in [-0.15, -0.1) is 0 Å². The Hall–Kier alpha value is -0.900. The summed E-state index contributed by atoms with van der Waals surface area (Å²) >= 11 is 0. The fraction of sp³-hybridized carbons (Fsp3) is 0.778. The minimum Gasteiger partial charge on any atom is -0.330 e. The summed E-state index contributed by atoms with van der Waals surface area (Å²) in [6.45, 7) is 2.82. The summed E-state index contributed by atoms with van der Waals surface area (Å²) in [6, 6.07) is 0. The van der Waals surface area contributed by atoms with Gasteiger partial charge in [-0.05, 0) is 25.8 Å². The third-order valence-corrected chi connectivity index (χ3v) is 2.52. The number of nitrogens with one attached hydrogen (secondary N) is 1. The SMILES string of the molecule is CC(CCN)c1n[nH]c(C2CC2)n1. The lowest BCUT2D eigenvalue weighted by Gasteiger charge is -2.02. The van der Waals surface area contributed by atoms with E-state index in [-0.39, 0.29) is 0 Å². The molecule has 0 bridgehead atoms. The summed E-state index contributed by atoms with van der Waals surface area (Å²) in [5, 5.41) is 7.21. The Morgan fingerprint density at radius 2 is 2.38 bits per heavy atom. The van der Waals surface area contributed by atoms with Crippen LogP contribution in [-0.4, -0.2) is 21.7 Å².